The quantitative estimate of drug-likeness (QED) is 0.0584. The number of nitrogens with zero attached hydrogens (tertiary/aromatic N) is 2. The Kier molecular flexibility index (Phi) is 34.0. The first-order chi connectivity index (χ1) is 16.6. The third kappa shape index (κ3) is 33.6. The molecule has 0 radical (unpaired) electrons. The molecule has 0 aromatic carbocycles. The molecule has 0 bridgehead atoms. The number of hydrogen-bond acceptors (Lipinski definition) is 4. The van der Waals surface area contributed by atoms with Gasteiger partial charge in [-0.05, 0) is 54.6 Å². The summed E-state index contributed by atoms with van der Waals surface area (Å²) < 4.78 is 0. The molecule has 0 fully saturated rings. The van der Waals surface area contributed by atoms with E-state index in [0.717, 1.165) is 0 Å². The van der Waals surface area contributed by atoms with Gasteiger partial charge in [-0.3, -0.25) is 0 Å². The van der Waals surface area contributed by atoms with Crippen LogP contribution >= 0.6 is 16.1 Å². The molecule has 0 saturated heterocycles. The SMILES string of the molecule is CCCCCCCCCCCCP(C)NC#N.CCCCCCCCCCCCP(C)NC#N. The van der Waals surface area contributed by atoms with E-state index in [0.29, 0.717) is 0 Å². The maximum atomic E-state index is 8.45. The highest BCUT2D eigenvalue weighted by Gasteiger charge is 1.99. The smallest absolute Gasteiger partial charge is 0.180 e. The number of nitriles is 2. The van der Waals surface area contributed by atoms with Crippen LogP contribution in [0.4, 0.5) is 0 Å². The zero-order chi connectivity index (χ0) is 25.5. The van der Waals surface area contributed by atoms with Crippen LogP contribution < -0.4 is 10.2 Å². The summed E-state index contributed by atoms with van der Waals surface area (Å²) in [6, 6.07) is 0. The lowest BCUT2D eigenvalue weighted by Gasteiger charge is -2.08. The number of nitrogens with one attached hydrogen (secondary N) is 2. The zero-order valence-electron chi connectivity index (χ0n) is 23.3. The maximum Gasteiger partial charge on any atom is 0.180 e. The van der Waals surface area contributed by atoms with Gasteiger partial charge >= 0.3 is 0 Å². The average molecular weight is 513 g/mol. The molecule has 2 N–H and O–H groups in total. The highest BCUT2D eigenvalue weighted by atomic mass is 31.1. The van der Waals surface area contributed by atoms with Crippen molar-refractivity contribution in [3.8, 4) is 12.4 Å². The summed E-state index contributed by atoms with van der Waals surface area (Å²) in [4.78, 5) is 0. The van der Waals surface area contributed by atoms with Crippen LogP contribution in [0.15, 0.2) is 0 Å². The molecule has 0 amide bonds. The minimum absolute atomic E-state index is 0.226. The number of unbranched alkanes of at least 4 members (excludes halogenated alkanes) is 18. The molecule has 0 aromatic rings. The molecule has 0 heterocycles. The number of hydrogen-bond donors (Lipinski definition) is 2. The second-order valence-electron chi connectivity index (χ2n) is 9.65. The second kappa shape index (κ2) is 32.4. The molecule has 34 heavy (non-hydrogen) atoms. The second-order valence-corrected chi connectivity index (χ2v) is 13.8. The lowest BCUT2D eigenvalue weighted by molar-refractivity contribution is 0.563. The summed E-state index contributed by atoms with van der Waals surface area (Å²) in [6.45, 7) is 8.83. The molecule has 6 heteroatoms. The van der Waals surface area contributed by atoms with Crippen molar-refractivity contribution in [2.45, 2.75) is 142 Å². The van der Waals surface area contributed by atoms with Crippen molar-refractivity contribution in [1.29, 1.82) is 10.5 Å². The Morgan fingerprint density at radius 3 is 0.912 bits per heavy atom. The van der Waals surface area contributed by atoms with Gasteiger partial charge in [0.25, 0.3) is 0 Å². The summed E-state index contributed by atoms with van der Waals surface area (Å²) in [7, 11) is -0.453. The Morgan fingerprint density at radius 2 is 0.676 bits per heavy atom. The van der Waals surface area contributed by atoms with E-state index in [4.69, 9.17) is 10.5 Å². The van der Waals surface area contributed by atoms with Crippen LogP contribution in [0.5, 0.6) is 0 Å². The number of rotatable bonds is 24. The molecule has 0 spiro atoms. The van der Waals surface area contributed by atoms with Crippen molar-refractivity contribution < 1.29 is 0 Å². The Morgan fingerprint density at radius 1 is 0.441 bits per heavy atom. The third-order valence-corrected chi connectivity index (χ3v) is 9.11. The monoisotopic (exact) mass is 512 g/mol. The van der Waals surface area contributed by atoms with E-state index < -0.39 is 0 Å². The third-order valence-electron chi connectivity index (χ3n) is 6.18. The van der Waals surface area contributed by atoms with Crippen LogP contribution in [0.25, 0.3) is 0 Å². The van der Waals surface area contributed by atoms with Crippen molar-refractivity contribution in [3.63, 3.8) is 0 Å². The summed E-state index contributed by atoms with van der Waals surface area (Å²) >= 11 is 0. The van der Waals surface area contributed by atoms with Crippen LogP contribution in [0.1, 0.15) is 142 Å². The van der Waals surface area contributed by atoms with Crippen LogP contribution in [0.2, 0.25) is 0 Å². The van der Waals surface area contributed by atoms with Crippen molar-refractivity contribution in [2.75, 3.05) is 25.7 Å². The average Bonchev–Trinajstić information content (AvgIpc) is 2.82. The van der Waals surface area contributed by atoms with E-state index in [9.17, 15) is 0 Å². The predicted octanol–water partition coefficient (Wildman–Crippen LogP) is 10.0. The van der Waals surface area contributed by atoms with Crippen molar-refractivity contribution >= 4 is 16.1 Å². The summed E-state index contributed by atoms with van der Waals surface area (Å²) in [5.41, 5.74) is 0. The summed E-state index contributed by atoms with van der Waals surface area (Å²) in [6.07, 6.45) is 34.2. The van der Waals surface area contributed by atoms with E-state index in [-0.39, 0.29) is 16.1 Å². The molecule has 0 saturated carbocycles. The van der Waals surface area contributed by atoms with Crippen LogP contribution in [-0.4, -0.2) is 25.7 Å². The molecule has 0 aliphatic carbocycles. The minimum atomic E-state index is -0.226. The fourth-order valence-corrected chi connectivity index (χ4v) is 5.92. The molecule has 200 valence electrons. The van der Waals surface area contributed by atoms with Gasteiger partial charge in [0, 0.05) is 0 Å². The standard InChI is InChI=1S/2C14H29N2P/c2*1-3-4-5-6-7-8-9-10-11-12-13-17(2)16-14-15/h2*16H,3-13H2,1-2H3. The van der Waals surface area contributed by atoms with Gasteiger partial charge in [-0.25, -0.2) is 0 Å². The van der Waals surface area contributed by atoms with E-state index in [2.05, 4.69) is 37.4 Å². The van der Waals surface area contributed by atoms with Gasteiger partial charge < -0.3 is 10.2 Å². The Bertz CT molecular complexity index is 420. The fraction of sp³-hybridized carbons (Fsp3) is 0.929. The van der Waals surface area contributed by atoms with Gasteiger partial charge in [0.2, 0.25) is 0 Å². The normalized spacial score (nSPS) is 12.1. The lowest BCUT2D eigenvalue weighted by atomic mass is 10.1. The predicted molar refractivity (Wildman–Crippen MR) is 157 cm³/mol. The summed E-state index contributed by atoms with van der Waals surface area (Å²) in [5, 5.41) is 22.6. The highest BCUT2D eigenvalue weighted by Crippen LogP contribution is 2.26. The van der Waals surface area contributed by atoms with Crippen LogP contribution in [0.3, 0.4) is 0 Å². The van der Waals surface area contributed by atoms with E-state index in [1.54, 1.807) is 0 Å². The van der Waals surface area contributed by atoms with Crippen LogP contribution in [0, 0.1) is 22.9 Å². The van der Waals surface area contributed by atoms with E-state index in [1.807, 2.05) is 12.4 Å². The van der Waals surface area contributed by atoms with E-state index >= 15 is 0 Å². The molecule has 0 aromatic heterocycles. The Labute approximate surface area is 217 Å². The van der Waals surface area contributed by atoms with Crippen LogP contribution in [-0.2, 0) is 0 Å². The molecule has 0 aliphatic heterocycles. The first-order valence-electron chi connectivity index (χ1n) is 14.3. The largest absolute Gasteiger partial charge is 0.303 e. The van der Waals surface area contributed by atoms with Crippen molar-refractivity contribution in [3.05, 3.63) is 0 Å². The van der Waals surface area contributed by atoms with Crippen molar-refractivity contribution in [2.24, 2.45) is 0 Å². The van der Waals surface area contributed by atoms with Gasteiger partial charge in [0.15, 0.2) is 12.4 Å². The first kappa shape index (κ1) is 35.6. The zero-order valence-corrected chi connectivity index (χ0v) is 25.1. The first-order valence-corrected chi connectivity index (χ1v) is 18.3. The highest BCUT2D eigenvalue weighted by molar-refractivity contribution is 7.55. The summed E-state index contributed by atoms with van der Waals surface area (Å²) in [5.74, 6) is 0. The molecule has 0 rings (SSSR count). The molecular weight excluding hydrogens is 454 g/mol. The lowest BCUT2D eigenvalue weighted by Crippen LogP contribution is -1.99. The fourth-order valence-electron chi connectivity index (χ4n) is 3.96. The van der Waals surface area contributed by atoms with E-state index in [1.165, 1.54) is 141 Å². The molecule has 4 nitrogen and oxygen atoms in total. The Balaban J connectivity index is 0. The molecule has 0 aliphatic rings. The van der Waals surface area contributed by atoms with Crippen molar-refractivity contribution in [1.82, 2.24) is 10.2 Å². The van der Waals surface area contributed by atoms with Gasteiger partial charge in [-0.1, -0.05) is 129 Å². The van der Waals surface area contributed by atoms with Gasteiger partial charge in [0.05, 0.1) is 0 Å². The minimum Gasteiger partial charge on any atom is -0.303 e. The molecular formula is C28H58N4P2. The van der Waals surface area contributed by atoms with Gasteiger partial charge in [-0.15, -0.1) is 0 Å². The maximum absolute atomic E-state index is 8.45. The molecule has 2 atom stereocenters. The molecule has 2 unspecified atom stereocenters. The topological polar surface area (TPSA) is 71.6 Å². The van der Waals surface area contributed by atoms with Gasteiger partial charge in [0.1, 0.15) is 0 Å². The van der Waals surface area contributed by atoms with Gasteiger partial charge in [-0.2, -0.15) is 10.5 Å². The Hall–Kier alpha value is -0.560.